The Morgan fingerprint density at radius 2 is 2.17 bits per heavy atom. The minimum atomic E-state index is -0.331. The van der Waals surface area contributed by atoms with E-state index in [1.807, 2.05) is 12.1 Å². The molecule has 1 aromatic rings. The minimum Gasteiger partial charge on any atom is -0.392 e. The van der Waals surface area contributed by atoms with Crippen molar-refractivity contribution in [2.24, 2.45) is 5.92 Å². The third kappa shape index (κ3) is 5.05. The van der Waals surface area contributed by atoms with Crippen molar-refractivity contribution in [1.29, 1.82) is 5.26 Å². The zero-order valence-corrected chi connectivity index (χ0v) is 11.5. The molecule has 0 saturated carbocycles. The smallest absolute Gasteiger partial charge is 0.0992 e. The van der Waals surface area contributed by atoms with Crippen LogP contribution in [-0.2, 0) is 6.54 Å². The number of aliphatic hydroxyl groups is 1. The summed E-state index contributed by atoms with van der Waals surface area (Å²) in [5, 5.41) is 22.2. The molecule has 0 heterocycles. The van der Waals surface area contributed by atoms with Crippen LogP contribution in [0.1, 0.15) is 31.4 Å². The third-order valence-corrected chi connectivity index (χ3v) is 2.97. The van der Waals surface area contributed by atoms with Gasteiger partial charge in [-0.25, -0.2) is 0 Å². The maximum absolute atomic E-state index is 9.71. The zero-order valence-electron chi connectivity index (χ0n) is 10.8. The van der Waals surface area contributed by atoms with Gasteiger partial charge in [0, 0.05) is 18.1 Å². The molecule has 0 aliphatic heterocycles. The number of nitriles is 1. The highest BCUT2D eigenvalue weighted by molar-refractivity contribution is 6.31. The van der Waals surface area contributed by atoms with Crippen LogP contribution in [0.15, 0.2) is 18.2 Å². The first-order valence-electron chi connectivity index (χ1n) is 6.10. The molecule has 98 valence electrons. The van der Waals surface area contributed by atoms with Crippen LogP contribution >= 0.6 is 11.6 Å². The quantitative estimate of drug-likeness (QED) is 0.832. The number of hydrogen-bond acceptors (Lipinski definition) is 3. The molecule has 1 rings (SSSR count). The second-order valence-electron chi connectivity index (χ2n) is 4.83. The van der Waals surface area contributed by atoms with Gasteiger partial charge in [0.2, 0.25) is 0 Å². The summed E-state index contributed by atoms with van der Waals surface area (Å²) in [5.74, 6) is 0.486. The topological polar surface area (TPSA) is 56.0 Å². The summed E-state index contributed by atoms with van der Waals surface area (Å²) in [7, 11) is 0. The largest absolute Gasteiger partial charge is 0.392 e. The molecule has 0 radical (unpaired) electrons. The standard InChI is InChI=1S/C14H19ClN2O/c1-10(2)5-13(18)9-17-8-12-4-3-11(7-16)6-14(12)15/h3-4,6,10,13,17-18H,5,8-9H2,1-2H3. The molecule has 0 saturated heterocycles. The van der Waals surface area contributed by atoms with E-state index >= 15 is 0 Å². The van der Waals surface area contributed by atoms with E-state index in [1.165, 1.54) is 0 Å². The van der Waals surface area contributed by atoms with Gasteiger partial charge in [-0.15, -0.1) is 0 Å². The first-order valence-corrected chi connectivity index (χ1v) is 6.48. The Morgan fingerprint density at radius 1 is 1.44 bits per heavy atom. The summed E-state index contributed by atoms with van der Waals surface area (Å²) < 4.78 is 0. The summed E-state index contributed by atoms with van der Waals surface area (Å²) in [4.78, 5) is 0. The molecule has 3 nitrogen and oxygen atoms in total. The lowest BCUT2D eigenvalue weighted by molar-refractivity contribution is 0.146. The Labute approximate surface area is 113 Å². The lowest BCUT2D eigenvalue weighted by Crippen LogP contribution is -2.27. The van der Waals surface area contributed by atoms with Crippen LogP contribution in [0.3, 0.4) is 0 Å². The monoisotopic (exact) mass is 266 g/mol. The summed E-state index contributed by atoms with van der Waals surface area (Å²) in [5.41, 5.74) is 1.50. The van der Waals surface area contributed by atoms with E-state index < -0.39 is 0 Å². The van der Waals surface area contributed by atoms with Gasteiger partial charge >= 0.3 is 0 Å². The first kappa shape index (κ1) is 15.0. The molecule has 0 aliphatic carbocycles. The van der Waals surface area contributed by atoms with Crippen molar-refractivity contribution >= 4 is 11.6 Å². The Hall–Kier alpha value is -1.08. The normalized spacial score (nSPS) is 12.4. The minimum absolute atomic E-state index is 0.331. The predicted octanol–water partition coefficient (Wildman–Crippen LogP) is 2.71. The molecular weight excluding hydrogens is 248 g/mol. The highest BCUT2D eigenvalue weighted by atomic mass is 35.5. The number of hydrogen-bond donors (Lipinski definition) is 2. The van der Waals surface area contributed by atoms with Gasteiger partial charge in [0.25, 0.3) is 0 Å². The average Bonchev–Trinajstić information content (AvgIpc) is 2.30. The molecule has 0 fully saturated rings. The van der Waals surface area contributed by atoms with Gasteiger partial charge in [0.05, 0.1) is 17.7 Å². The van der Waals surface area contributed by atoms with Crippen molar-refractivity contribution in [3.05, 3.63) is 34.3 Å². The zero-order chi connectivity index (χ0) is 13.5. The van der Waals surface area contributed by atoms with Gasteiger partial charge in [-0.3, -0.25) is 0 Å². The SMILES string of the molecule is CC(C)CC(O)CNCc1ccc(C#N)cc1Cl. The summed E-state index contributed by atoms with van der Waals surface area (Å²) in [6.07, 6.45) is 0.454. The predicted molar refractivity (Wildman–Crippen MR) is 73.3 cm³/mol. The van der Waals surface area contributed by atoms with Crippen LogP contribution in [0, 0.1) is 17.2 Å². The van der Waals surface area contributed by atoms with Gasteiger partial charge < -0.3 is 10.4 Å². The summed E-state index contributed by atoms with van der Waals surface area (Å²) >= 11 is 6.05. The number of nitrogens with one attached hydrogen (secondary N) is 1. The molecule has 0 aromatic heterocycles. The van der Waals surface area contributed by atoms with Gasteiger partial charge in [-0.2, -0.15) is 5.26 Å². The van der Waals surface area contributed by atoms with Crippen molar-refractivity contribution in [1.82, 2.24) is 5.32 Å². The highest BCUT2D eigenvalue weighted by Crippen LogP contribution is 2.17. The van der Waals surface area contributed by atoms with Crippen LogP contribution in [0.25, 0.3) is 0 Å². The van der Waals surface area contributed by atoms with E-state index in [9.17, 15) is 5.11 Å². The molecule has 1 aromatic carbocycles. The Balaban J connectivity index is 2.42. The van der Waals surface area contributed by atoms with E-state index in [4.69, 9.17) is 16.9 Å². The van der Waals surface area contributed by atoms with Crippen LogP contribution < -0.4 is 5.32 Å². The van der Waals surface area contributed by atoms with Crippen LogP contribution in [0.5, 0.6) is 0 Å². The summed E-state index contributed by atoms with van der Waals surface area (Å²) in [6.45, 7) is 5.32. The van der Waals surface area contributed by atoms with E-state index in [2.05, 4.69) is 19.2 Å². The fourth-order valence-electron chi connectivity index (χ4n) is 1.76. The number of nitrogens with zero attached hydrogens (tertiary/aromatic N) is 1. The van der Waals surface area contributed by atoms with Gasteiger partial charge in [0.1, 0.15) is 0 Å². The van der Waals surface area contributed by atoms with Crippen molar-refractivity contribution in [2.45, 2.75) is 32.9 Å². The summed E-state index contributed by atoms with van der Waals surface area (Å²) in [6, 6.07) is 7.28. The van der Waals surface area contributed by atoms with Crippen LogP contribution in [0.4, 0.5) is 0 Å². The van der Waals surface area contributed by atoms with Crippen molar-refractivity contribution < 1.29 is 5.11 Å². The van der Waals surface area contributed by atoms with Gasteiger partial charge in [-0.1, -0.05) is 31.5 Å². The van der Waals surface area contributed by atoms with Crippen molar-refractivity contribution in [3.63, 3.8) is 0 Å². The van der Waals surface area contributed by atoms with E-state index in [0.717, 1.165) is 12.0 Å². The average molecular weight is 267 g/mol. The second-order valence-corrected chi connectivity index (χ2v) is 5.24. The van der Waals surface area contributed by atoms with Crippen molar-refractivity contribution in [3.8, 4) is 6.07 Å². The van der Waals surface area contributed by atoms with Crippen molar-refractivity contribution in [2.75, 3.05) is 6.54 Å². The van der Waals surface area contributed by atoms with Crippen LogP contribution in [0.2, 0.25) is 5.02 Å². The Morgan fingerprint density at radius 3 is 2.72 bits per heavy atom. The molecule has 18 heavy (non-hydrogen) atoms. The number of rotatable bonds is 6. The lowest BCUT2D eigenvalue weighted by Gasteiger charge is -2.14. The molecule has 4 heteroatoms. The molecule has 0 bridgehead atoms. The second kappa shape index (κ2) is 7.38. The van der Waals surface area contributed by atoms with E-state index in [1.54, 1.807) is 12.1 Å². The fourth-order valence-corrected chi connectivity index (χ4v) is 2.01. The Bertz CT molecular complexity index is 426. The lowest BCUT2D eigenvalue weighted by atomic mass is 10.1. The fraction of sp³-hybridized carbons (Fsp3) is 0.500. The first-order chi connectivity index (χ1) is 8.52. The molecule has 2 N–H and O–H groups in total. The molecule has 1 unspecified atom stereocenters. The van der Waals surface area contributed by atoms with Gasteiger partial charge in [0.15, 0.2) is 0 Å². The highest BCUT2D eigenvalue weighted by Gasteiger charge is 2.07. The maximum atomic E-state index is 9.71. The van der Waals surface area contributed by atoms with Gasteiger partial charge in [-0.05, 0) is 30.0 Å². The molecule has 0 amide bonds. The maximum Gasteiger partial charge on any atom is 0.0992 e. The number of benzene rings is 1. The Kier molecular flexibility index (Phi) is 6.14. The van der Waals surface area contributed by atoms with E-state index in [0.29, 0.717) is 29.6 Å². The number of aliphatic hydroxyl groups excluding tert-OH is 1. The van der Waals surface area contributed by atoms with E-state index in [-0.39, 0.29) is 6.10 Å². The molecule has 0 spiro atoms. The van der Waals surface area contributed by atoms with Crippen LogP contribution in [-0.4, -0.2) is 17.8 Å². The number of halogens is 1. The molecule has 0 aliphatic rings. The molecule has 1 atom stereocenters. The molecular formula is C14H19ClN2O. The third-order valence-electron chi connectivity index (χ3n) is 2.62.